The van der Waals surface area contributed by atoms with E-state index >= 15 is 0 Å². The van der Waals surface area contributed by atoms with Crippen LogP contribution in [0.3, 0.4) is 0 Å². The van der Waals surface area contributed by atoms with E-state index in [9.17, 15) is 19.7 Å². The maximum atomic E-state index is 12.3. The number of esters is 1. The van der Waals surface area contributed by atoms with Crippen LogP contribution in [0.25, 0.3) is 0 Å². The molecule has 124 valence electrons. The third kappa shape index (κ3) is 4.08. The minimum atomic E-state index is -0.704. The minimum absolute atomic E-state index is 0.172. The second-order valence-electron chi connectivity index (χ2n) is 4.67. The van der Waals surface area contributed by atoms with Gasteiger partial charge in [-0.3, -0.25) is 14.9 Å². The van der Waals surface area contributed by atoms with Gasteiger partial charge in [-0.05, 0) is 37.3 Å². The third-order valence-corrected chi connectivity index (χ3v) is 3.27. The highest BCUT2D eigenvalue weighted by atomic mass is 35.5. The van der Waals surface area contributed by atoms with Gasteiger partial charge < -0.3 is 10.1 Å². The van der Waals surface area contributed by atoms with Gasteiger partial charge in [-0.2, -0.15) is 0 Å². The zero-order chi connectivity index (χ0) is 17.7. The van der Waals surface area contributed by atoms with Gasteiger partial charge in [-0.15, -0.1) is 0 Å². The molecular weight excluding hydrogens is 336 g/mol. The van der Waals surface area contributed by atoms with Gasteiger partial charge in [-0.25, -0.2) is 4.79 Å². The summed E-state index contributed by atoms with van der Waals surface area (Å²) in [4.78, 5) is 34.4. The van der Waals surface area contributed by atoms with E-state index in [2.05, 4.69) is 5.32 Å². The van der Waals surface area contributed by atoms with E-state index in [0.29, 0.717) is 5.69 Å². The highest BCUT2D eigenvalue weighted by molar-refractivity contribution is 6.31. The summed E-state index contributed by atoms with van der Waals surface area (Å²) in [6.07, 6.45) is 0. The summed E-state index contributed by atoms with van der Waals surface area (Å²) in [7, 11) is 0. The van der Waals surface area contributed by atoms with Crippen LogP contribution in [0, 0.1) is 10.1 Å². The summed E-state index contributed by atoms with van der Waals surface area (Å²) in [6, 6.07) is 9.78. The lowest BCUT2D eigenvalue weighted by Gasteiger charge is -2.08. The van der Waals surface area contributed by atoms with Crippen LogP contribution in [-0.4, -0.2) is 23.4 Å². The van der Waals surface area contributed by atoms with Gasteiger partial charge in [0.2, 0.25) is 0 Å². The zero-order valence-corrected chi connectivity index (χ0v) is 13.4. The molecule has 2 aromatic rings. The number of anilines is 1. The second-order valence-corrected chi connectivity index (χ2v) is 5.11. The number of carbonyl (C=O) groups is 2. The number of nitrogens with zero attached hydrogens (tertiary/aromatic N) is 1. The lowest BCUT2D eigenvalue weighted by Crippen LogP contribution is -2.14. The standard InChI is InChI=1S/C16H13ClN2O5/c1-2-24-16(21)10-4-3-5-12(8-10)18-15(20)13-9-11(17)6-7-14(13)19(22)23/h3-9H,2H2,1H3,(H,18,20). The molecular formula is C16H13ClN2O5. The fourth-order valence-corrected chi connectivity index (χ4v) is 2.16. The van der Waals surface area contributed by atoms with Crippen LogP contribution in [0.1, 0.15) is 27.6 Å². The first kappa shape index (κ1) is 17.4. The average Bonchev–Trinajstić information content (AvgIpc) is 2.55. The van der Waals surface area contributed by atoms with Crippen LogP contribution in [0.15, 0.2) is 42.5 Å². The summed E-state index contributed by atoms with van der Waals surface area (Å²) in [5, 5.41) is 13.7. The van der Waals surface area contributed by atoms with Crippen LogP contribution >= 0.6 is 11.6 Å². The molecule has 0 radical (unpaired) electrons. The Hall–Kier alpha value is -2.93. The van der Waals surface area contributed by atoms with E-state index in [4.69, 9.17) is 16.3 Å². The first-order valence-electron chi connectivity index (χ1n) is 6.95. The van der Waals surface area contributed by atoms with Crippen molar-refractivity contribution in [2.24, 2.45) is 0 Å². The summed E-state index contributed by atoms with van der Waals surface area (Å²) in [6.45, 7) is 1.91. The number of ether oxygens (including phenoxy) is 1. The Morgan fingerprint density at radius 2 is 2.00 bits per heavy atom. The molecule has 24 heavy (non-hydrogen) atoms. The second kappa shape index (κ2) is 7.56. The predicted molar refractivity (Wildman–Crippen MR) is 88.5 cm³/mol. The number of nitro benzene ring substituents is 1. The molecule has 0 spiro atoms. The fraction of sp³-hybridized carbons (Fsp3) is 0.125. The lowest BCUT2D eigenvalue weighted by atomic mass is 10.1. The summed E-state index contributed by atoms with van der Waals surface area (Å²) >= 11 is 5.81. The Morgan fingerprint density at radius 1 is 1.25 bits per heavy atom. The smallest absolute Gasteiger partial charge is 0.338 e. The largest absolute Gasteiger partial charge is 0.462 e. The number of halogens is 1. The van der Waals surface area contributed by atoms with Crippen molar-refractivity contribution >= 4 is 34.9 Å². The van der Waals surface area contributed by atoms with E-state index in [0.717, 1.165) is 6.07 Å². The number of nitro groups is 1. The molecule has 0 fully saturated rings. The topological polar surface area (TPSA) is 98.5 Å². The fourth-order valence-electron chi connectivity index (χ4n) is 1.99. The van der Waals surface area contributed by atoms with Gasteiger partial charge in [0.05, 0.1) is 17.1 Å². The molecule has 0 bridgehead atoms. The molecule has 0 aliphatic rings. The predicted octanol–water partition coefficient (Wildman–Crippen LogP) is 3.68. The van der Waals surface area contributed by atoms with Crippen molar-refractivity contribution in [2.75, 3.05) is 11.9 Å². The molecule has 1 amide bonds. The summed E-state index contributed by atoms with van der Waals surface area (Å²) < 4.78 is 4.88. The summed E-state index contributed by atoms with van der Waals surface area (Å²) in [5.74, 6) is -1.23. The molecule has 7 nitrogen and oxygen atoms in total. The number of carbonyl (C=O) groups excluding carboxylic acids is 2. The monoisotopic (exact) mass is 348 g/mol. The Bertz CT molecular complexity index is 807. The zero-order valence-electron chi connectivity index (χ0n) is 12.6. The molecule has 0 aliphatic carbocycles. The van der Waals surface area contributed by atoms with Crippen LogP contribution in [0.2, 0.25) is 5.02 Å². The summed E-state index contributed by atoms with van der Waals surface area (Å²) in [5.41, 5.74) is 0.0301. The van der Waals surface area contributed by atoms with E-state index in [1.165, 1.54) is 24.3 Å². The molecule has 2 aromatic carbocycles. The van der Waals surface area contributed by atoms with Gasteiger partial charge >= 0.3 is 5.97 Å². The quantitative estimate of drug-likeness (QED) is 0.505. The normalized spacial score (nSPS) is 10.1. The number of rotatable bonds is 5. The van der Waals surface area contributed by atoms with Crippen LogP contribution in [-0.2, 0) is 4.74 Å². The van der Waals surface area contributed by atoms with Crippen LogP contribution in [0.5, 0.6) is 0 Å². The van der Waals surface area contributed by atoms with Gasteiger partial charge in [0.1, 0.15) is 5.56 Å². The Balaban J connectivity index is 2.27. The van der Waals surface area contributed by atoms with E-state index in [1.54, 1.807) is 19.1 Å². The van der Waals surface area contributed by atoms with Crippen molar-refractivity contribution in [1.82, 2.24) is 0 Å². The molecule has 0 heterocycles. The van der Waals surface area contributed by atoms with Gasteiger partial charge in [0, 0.05) is 16.8 Å². The van der Waals surface area contributed by atoms with E-state index < -0.39 is 16.8 Å². The molecule has 2 rings (SSSR count). The molecule has 0 aromatic heterocycles. The van der Waals surface area contributed by atoms with Crippen LogP contribution < -0.4 is 5.32 Å². The molecule has 0 aliphatic heterocycles. The molecule has 8 heteroatoms. The van der Waals surface area contributed by atoms with Crippen molar-refractivity contribution < 1.29 is 19.2 Å². The van der Waals surface area contributed by atoms with Gasteiger partial charge in [-0.1, -0.05) is 17.7 Å². The Morgan fingerprint density at radius 3 is 2.67 bits per heavy atom. The first-order valence-corrected chi connectivity index (χ1v) is 7.32. The maximum Gasteiger partial charge on any atom is 0.338 e. The number of hydrogen-bond acceptors (Lipinski definition) is 5. The first-order chi connectivity index (χ1) is 11.4. The van der Waals surface area contributed by atoms with Crippen molar-refractivity contribution in [1.29, 1.82) is 0 Å². The molecule has 0 atom stereocenters. The molecule has 1 N–H and O–H groups in total. The number of hydrogen-bond donors (Lipinski definition) is 1. The number of nitrogens with one attached hydrogen (secondary N) is 1. The van der Waals surface area contributed by atoms with Crippen molar-refractivity contribution in [3.63, 3.8) is 0 Å². The number of amides is 1. The number of benzene rings is 2. The van der Waals surface area contributed by atoms with Crippen molar-refractivity contribution in [3.05, 3.63) is 68.7 Å². The molecule has 0 saturated heterocycles. The lowest BCUT2D eigenvalue weighted by molar-refractivity contribution is -0.385. The molecule has 0 unspecified atom stereocenters. The highest BCUT2D eigenvalue weighted by Crippen LogP contribution is 2.24. The van der Waals surface area contributed by atoms with Crippen LogP contribution in [0.4, 0.5) is 11.4 Å². The minimum Gasteiger partial charge on any atom is -0.462 e. The van der Waals surface area contributed by atoms with Gasteiger partial charge in [0.25, 0.3) is 11.6 Å². The molecule has 0 saturated carbocycles. The maximum absolute atomic E-state index is 12.3. The Kier molecular flexibility index (Phi) is 5.49. The highest BCUT2D eigenvalue weighted by Gasteiger charge is 2.21. The Labute approximate surface area is 142 Å². The van der Waals surface area contributed by atoms with E-state index in [1.807, 2.05) is 0 Å². The van der Waals surface area contributed by atoms with Gasteiger partial charge in [0.15, 0.2) is 0 Å². The van der Waals surface area contributed by atoms with E-state index in [-0.39, 0.29) is 28.4 Å². The average molecular weight is 349 g/mol. The third-order valence-electron chi connectivity index (χ3n) is 3.03. The van der Waals surface area contributed by atoms with Crippen molar-refractivity contribution in [2.45, 2.75) is 6.92 Å². The van der Waals surface area contributed by atoms with Crippen molar-refractivity contribution in [3.8, 4) is 0 Å². The SMILES string of the molecule is CCOC(=O)c1cccc(NC(=O)c2cc(Cl)ccc2[N+](=O)[O-])c1.